The zero-order valence-corrected chi connectivity index (χ0v) is 11.3. The monoisotopic (exact) mass is 260 g/mol. The molecule has 0 aromatic heterocycles. The Morgan fingerprint density at radius 1 is 1.18 bits per heavy atom. The minimum Gasteiger partial charge on any atom is -0.356 e. The maximum absolute atomic E-state index is 11.7. The molecule has 0 radical (unpaired) electrons. The average Bonchev–Trinajstić information content (AvgIpc) is 3.05. The Labute approximate surface area is 110 Å². The van der Waals surface area contributed by atoms with Crippen molar-refractivity contribution in [2.24, 2.45) is 17.6 Å². The number of hydrogen-bond acceptors (Lipinski definition) is 2. The molecule has 2 unspecified atom stereocenters. The maximum atomic E-state index is 11.7. The Morgan fingerprint density at radius 2 is 1.88 bits per heavy atom. The molecule has 0 saturated heterocycles. The van der Waals surface area contributed by atoms with Crippen molar-refractivity contribution < 1.29 is 4.79 Å². The molecular formula is C13H25ClN2O. The minimum atomic E-state index is 0. The van der Waals surface area contributed by atoms with Crippen molar-refractivity contribution in [2.75, 3.05) is 6.54 Å². The highest BCUT2D eigenvalue weighted by atomic mass is 35.5. The Morgan fingerprint density at radius 3 is 2.53 bits per heavy atom. The molecule has 2 aliphatic carbocycles. The van der Waals surface area contributed by atoms with E-state index >= 15 is 0 Å². The van der Waals surface area contributed by atoms with Crippen LogP contribution in [0, 0.1) is 11.8 Å². The van der Waals surface area contributed by atoms with E-state index in [1.54, 1.807) is 0 Å². The van der Waals surface area contributed by atoms with Crippen molar-refractivity contribution in [3.63, 3.8) is 0 Å². The van der Waals surface area contributed by atoms with Gasteiger partial charge in [0.05, 0.1) is 0 Å². The summed E-state index contributed by atoms with van der Waals surface area (Å²) in [5, 5.41) is 3.03. The van der Waals surface area contributed by atoms with E-state index in [0.29, 0.717) is 12.3 Å². The molecule has 0 aliphatic heterocycles. The molecule has 100 valence electrons. The first-order valence-electron chi connectivity index (χ1n) is 6.78. The summed E-state index contributed by atoms with van der Waals surface area (Å²) in [7, 11) is 0. The average molecular weight is 261 g/mol. The SMILES string of the molecule is Cl.NC1CCCCC1CC(=O)NCCC1CC1. The second-order valence-electron chi connectivity index (χ2n) is 5.49. The summed E-state index contributed by atoms with van der Waals surface area (Å²) in [5.41, 5.74) is 6.03. The maximum Gasteiger partial charge on any atom is 0.220 e. The van der Waals surface area contributed by atoms with Gasteiger partial charge in [-0.25, -0.2) is 0 Å². The lowest BCUT2D eigenvalue weighted by molar-refractivity contribution is -0.122. The van der Waals surface area contributed by atoms with Crippen LogP contribution in [0.5, 0.6) is 0 Å². The highest BCUT2D eigenvalue weighted by molar-refractivity contribution is 5.85. The van der Waals surface area contributed by atoms with Crippen LogP contribution in [0.4, 0.5) is 0 Å². The molecular weight excluding hydrogens is 236 g/mol. The molecule has 0 bridgehead atoms. The highest BCUT2D eigenvalue weighted by Gasteiger charge is 2.24. The van der Waals surface area contributed by atoms with Gasteiger partial charge < -0.3 is 11.1 Å². The lowest BCUT2D eigenvalue weighted by atomic mass is 9.83. The summed E-state index contributed by atoms with van der Waals surface area (Å²) >= 11 is 0. The molecule has 0 spiro atoms. The van der Waals surface area contributed by atoms with Crippen LogP contribution in [0.25, 0.3) is 0 Å². The fourth-order valence-corrected chi connectivity index (χ4v) is 2.62. The Balaban J connectivity index is 0.00000144. The van der Waals surface area contributed by atoms with Crippen molar-refractivity contribution in [1.82, 2.24) is 5.32 Å². The van der Waals surface area contributed by atoms with Crippen molar-refractivity contribution in [2.45, 2.75) is 57.4 Å². The number of hydrogen-bond donors (Lipinski definition) is 2. The van der Waals surface area contributed by atoms with E-state index in [0.717, 1.165) is 25.3 Å². The van der Waals surface area contributed by atoms with Crippen LogP contribution < -0.4 is 11.1 Å². The molecule has 2 saturated carbocycles. The lowest BCUT2D eigenvalue weighted by Gasteiger charge is -2.27. The molecule has 2 atom stereocenters. The predicted molar refractivity (Wildman–Crippen MR) is 72.1 cm³/mol. The van der Waals surface area contributed by atoms with Gasteiger partial charge in [0.25, 0.3) is 0 Å². The topological polar surface area (TPSA) is 55.1 Å². The number of carbonyl (C=O) groups excluding carboxylic acids is 1. The smallest absolute Gasteiger partial charge is 0.220 e. The van der Waals surface area contributed by atoms with Crippen LogP contribution in [0.3, 0.4) is 0 Å². The van der Waals surface area contributed by atoms with Gasteiger partial charge in [0, 0.05) is 19.0 Å². The van der Waals surface area contributed by atoms with Crippen LogP contribution in [-0.2, 0) is 4.79 Å². The molecule has 2 fully saturated rings. The Kier molecular flexibility index (Phi) is 6.28. The summed E-state index contributed by atoms with van der Waals surface area (Å²) in [5.74, 6) is 1.54. The number of amides is 1. The van der Waals surface area contributed by atoms with E-state index in [9.17, 15) is 4.79 Å². The van der Waals surface area contributed by atoms with Gasteiger partial charge in [-0.3, -0.25) is 4.79 Å². The summed E-state index contributed by atoms with van der Waals surface area (Å²) in [6, 6.07) is 0.253. The molecule has 17 heavy (non-hydrogen) atoms. The van der Waals surface area contributed by atoms with E-state index in [4.69, 9.17) is 5.73 Å². The molecule has 0 heterocycles. The first-order valence-corrected chi connectivity index (χ1v) is 6.78. The van der Waals surface area contributed by atoms with Gasteiger partial charge in [-0.15, -0.1) is 12.4 Å². The van der Waals surface area contributed by atoms with Gasteiger partial charge in [-0.2, -0.15) is 0 Å². The molecule has 2 rings (SSSR count). The van der Waals surface area contributed by atoms with E-state index in [-0.39, 0.29) is 24.4 Å². The van der Waals surface area contributed by atoms with E-state index < -0.39 is 0 Å². The van der Waals surface area contributed by atoms with Crippen LogP contribution in [-0.4, -0.2) is 18.5 Å². The van der Waals surface area contributed by atoms with Gasteiger partial charge in [0.2, 0.25) is 5.91 Å². The number of nitrogens with two attached hydrogens (primary N) is 1. The standard InChI is InChI=1S/C13H24N2O.ClH/c14-12-4-2-1-3-11(12)9-13(16)15-8-7-10-5-6-10;/h10-12H,1-9,14H2,(H,15,16);1H. The van der Waals surface area contributed by atoms with Gasteiger partial charge in [0.1, 0.15) is 0 Å². The van der Waals surface area contributed by atoms with E-state index in [1.807, 2.05) is 0 Å². The summed E-state index contributed by atoms with van der Waals surface area (Å²) in [6.07, 6.45) is 9.26. The Hall–Kier alpha value is -0.280. The first-order chi connectivity index (χ1) is 7.75. The normalized spacial score (nSPS) is 28.3. The Bertz CT molecular complexity index is 244. The number of rotatable bonds is 5. The zero-order chi connectivity index (χ0) is 11.4. The zero-order valence-electron chi connectivity index (χ0n) is 10.5. The van der Waals surface area contributed by atoms with E-state index in [2.05, 4.69) is 5.32 Å². The second-order valence-corrected chi connectivity index (χ2v) is 5.49. The first kappa shape index (κ1) is 14.8. The third-order valence-electron chi connectivity index (χ3n) is 3.99. The molecule has 2 aliphatic rings. The van der Waals surface area contributed by atoms with Gasteiger partial charge >= 0.3 is 0 Å². The van der Waals surface area contributed by atoms with Gasteiger partial charge in [-0.05, 0) is 31.1 Å². The largest absolute Gasteiger partial charge is 0.356 e. The fourth-order valence-electron chi connectivity index (χ4n) is 2.62. The highest BCUT2D eigenvalue weighted by Crippen LogP contribution is 2.31. The molecule has 1 amide bonds. The summed E-state index contributed by atoms with van der Waals surface area (Å²) in [4.78, 5) is 11.7. The van der Waals surface area contributed by atoms with Crippen LogP contribution in [0.1, 0.15) is 51.4 Å². The van der Waals surface area contributed by atoms with Crippen molar-refractivity contribution in [3.05, 3.63) is 0 Å². The number of nitrogens with one attached hydrogen (secondary N) is 1. The fraction of sp³-hybridized carbons (Fsp3) is 0.923. The molecule has 4 heteroatoms. The lowest BCUT2D eigenvalue weighted by Crippen LogP contribution is -2.37. The predicted octanol–water partition coefficient (Wildman–Crippen LogP) is 2.23. The van der Waals surface area contributed by atoms with Crippen molar-refractivity contribution in [3.8, 4) is 0 Å². The van der Waals surface area contributed by atoms with Crippen LogP contribution >= 0.6 is 12.4 Å². The van der Waals surface area contributed by atoms with Crippen molar-refractivity contribution in [1.29, 1.82) is 0 Å². The minimum absolute atomic E-state index is 0. The molecule has 3 nitrogen and oxygen atoms in total. The third kappa shape index (κ3) is 5.26. The third-order valence-corrected chi connectivity index (χ3v) is 3.99. The summed E-state index contributed by atoms with van der Waals surface area (Å²) in [6.45, 7) is 0.867. The summed E-state index contributed by atoms with van der Waals surface area (Å²) < 4.78 is 0. The van der Waals surface area contributed by atoms with Gasteiger partial charge in [-0.1, -0.05) is 25.7 Å². The van der Waals surface area contributed by atoms with Gasteiger partial charge in [0.15, 0.2) is 0 Å². The molecule has 0 aromatic carbocycles. The number of halogens is 1. The number of carbonyl (C=O) groups is 1. The molecule has 0 aromatic rings. The molecule has 3 N–H and O–H groups in total. The van der Waals surface area contributed by atoms with Crippen LogP contribution in [0.15, 0.2) is 0 Å². The van der Waals surface area contributed by atoms with Crippen molar-refractivity contribution >= 4 is 18.3 Å². The van der Waals surface area contributed by atoms with Crippen LogP contribution in [0.2, 0.25) is 0 Å². The van der Waals surface area contributed by atoms with E-state index in [1.165, 1.54) is 32.1 Å². The quantitative estimate of drug-likeness (QED) is 0.797. The second kappa shape index (κ2) is 7.22.